The molecule has 0 atom stereocenters. The summed E-state index contributed by atoms with van der Waals surface area (Å²) in [5.74, 6) is -0.417. The highest BCUT2D eigenvalue weighted by atomic mass is 35.5. The number of carbonyl (C=O) groups excluding carboxylic acids is 1. The first-order chi connectivity index (χ1) is 9.19. The van der Waals surface area contributed by atoms with Crippen LogP contribution in [0.4, 0.5) is 0 Å². The van der Waals surface area contributed by atoms with Gasteiger partial charge in [0.25, 0.3) is 0 Å². The number of halogens is 1. The largest absolute Gasteiger partial charge is 0.457 e. The zero-order valence-electron chi connectivity index (χ0n) is 9.97. The first kappa shape index (κ1) is 13.1. The van der Waals surface area contributed by atoms with Crippen molar-refractivity contribution >= 4 is 17.6 Å². The van der Waals surface area contributed by atoms with Crippen LogP contribution in [0.5, 0.6) is 0 Å². The lowest BCUT2D eigenvalue weighted by Gasteiger charge is -2.05. The molecule has 0 spiro atoms. The third-order valence-corrected chi connectivity index (χ3v) is 2.78. The van der Waals surface area contributed by atoms with E-state index in [9.17, 15) is 4.79 Å². The van der Waals surface area contributed by atoms with Crippen LogP contribution >= 0.6 is 11.6 Å². The van der Waals surface area contributed by atoms with Gasteiger partial charge in [-0.2, -0.15) is 5.26 Å². The third-order valence-electron chi connectivity index (χ3n) is 2.53. The Morgan fingerprint density at radius 1 is 1.11 bits per heavy atom. The molecule has 2 rings (SSSR count). The Balaban J connectivity index is 1.97. The summed E-state index contributed by atoms with van der Waals surface area (Å²) in [6.45, 7) is 0.190. The van der Waals surface area contributed by atoms with E-state index >= 15 is 0 Å². The monoisotopic (exact) mass is 271 g/mol. The summed E-state index contributed by atoms with van der Waals surface area (Å²) in [5.41, 5.74) is 1.80. The Hall–Kier alpha value is -2.31. The minimum absolute atomic E-state index is 0.190. The minimum Gasteiger partial charge on any atom is -0.457 e. The average Bonchev–Trinajstić information content (AvgIpc) is 2.46. The van der Waals surface area contributed by atoms with Crippen LogP contribution in [-0.4, -0.2) is 5.97 Å². The summed E-state index contributed by atoms with van der Waals surface area (Å²) in [5, 5.41) is 9.31. The fourth-order valence-corrected chi connectivity index (χ4v) is 1.62. The summed E-state index contributed by atoms with van der Waals surface area (Å²) in [4.78, 5) is 11.8. The summed E-state index contributed by atoms with van der Waals surface area (Å²) in [7, 11) is 0. The quantitative estimate of drug-likeness (QED) is 0.802. The van der Waals surface area contributed by atoms with Crippen molar-refractivity contribution in [3.05, 3.63) is 70.2 Å². The predicted octanol–water partition coefficient (Wildman–Crippen LogP) is 3.57. The van der Waals surface area contributed by atoms with Crippen molar-refractivity contribution in [2.75, 3.05) is 0 Å². The molecular formula is C15H10ClNO2. The highest BCUT2D eigenvalue weighted by Gasteiger charge is 2.07. The zero-order chi connectivity index (χ0) is 13.7. The van der Waals surface area contributed by atoms with E-state index in [1.807, 2.05) is 6.07 Å². The van der Waals surface area contributed by atoms with Gasteiger partial charge in [-0.1, -0.05) is 23.7 Å². The van der Waals surface area contributed by atoms with E-state index < -0.39 is 5.97 Å². The molecule has 0 aromatic heterocycles. The number of nitriles is 1. The maximum absolute atomic E-state index is 11.8. The van der Waals surface area contributed by atoms with E-state index in [0.717, 1.165) is 5.56 Å². The number of rotatable bonds is 3. The molecule has 0 saturated heterocycles. The lowest BCUT2D eigenvalue weighted by Crippen LogP contribution is -2.05. The van der Waals surface area contributed by atoms with Crippen molar-refractivity contribution in [3.8, 4) is 6.07 Å². The van der Waals surface area contributed by atoms with Gasteiger partial charge in [-0.05, 0) is 42.0 Å². The second kappa shape index (κ2) is 6.03. The molecule has 0 unspecified atom stereocenters. The molecule has 0 fully saturated rings. The van der Waals surface area contributed by atoms with Crippen LogP contribution in [0.1, 0.15) is 21.5 Å². The van der Waals surface area contributed by atoms with Crippen LogP contribution in [0.3, 0.4) is 0 Å². The van der Waals surface area contributed by atoms with Gasteiger partial charge in [-0.15, -0.1) is 0 Å². The van der Waals surface area contributed by atoms with E-state index in [4.69, 9.17) is 21.6 Å². The first-order valence-corrected chi connectivity index (χ1v) is 5.98. The van der Waals surface area contributed by atoms with E-state index in [-0.39, 0.29) is 6.61 Å². The van der Waals surface area contributed by atoms with Crippen LogP contribution in [-0.2, 0) is 11.3 Å². The van der Waals surface area contributed by atoms with Gasteiger partial charge in [0.2, 0.25) is 0 Å². The van der Waals surface area contributed by atoms with Crippen molar-refractivity contribution in [1.82, 2.24) is 0 Å². The average molecular weight is 272 g/mol. The molecule has 0 amide bonds. The summed E-state index contributed by atoms with van der Waals surface area (Å²) < 4.78 is 5.16. The van der Waals surface area contributed by atoms with Crippen LogP contribution in [0.2, 0.25) is 5.02 Å². The number of benzene rings is 2. The molecule has 0 aliphatic carbocycles. The molecule has 0 aliphatic rings. The van der Waals surface area contributed by atoms with Gasteiger partial charge in [0.05, 0.1) is 17.2 Å². The van der Waals surface area contributed by atoms with Gasteiger partial charge in [0.15, 0.2) is 0 Å². The van der Waals surface area contributed by atoms with E-state index in [0.29, 0.717) is 16.1 Å². The second-order valence-corrected chi connectivity index (χ2v) is 4.33. The molecule has 4 heteroatoms. The first-order valence-electron chi connectivity index (χ1n) is 5.61. The number of hydrogen-bond donors (Lipinski definition) is 0. The molecule has 3 nitrogen and oxygen atoms in total. The lowest BCUT2D eigenvalue weighted by molar-refractivity contribution is 0.0473. The Morgan fingerprint density at radius 2 is 1.74 bits per heavy atom. The molecule has 0 N–H and O–H groups in total. The van der Waals surface area contributed by atoms with E-state index in [1.54, 1.807) is 48.5 Å². The SMILES string of the molecule is N#Cc1ccc(C(=O)OCc2ccc(Cl)cc2)cc1. The molecular weight excluding hydrogens is 262 g/mol. The number of ether oxygens (including phenoxy) is 1. The topological polar surface area (TPSA) is 50.1 Å². The van der Waals surface area contributed by atoms with Crippen LogP contribution in [0.15, 0.2) is 48.5 Å². The summed E-state index contributed by atoms with van der Waals surface area (Å²) >= 11 is 5.76. The smallest absolute Gasteiger partial charge is 0.338 e. The van der Waals surface area contributed by atoms with Crippen LogP contribution < -0.4 is 0 Å². The maximum Gasteiger partial charge on any atom is 0.338 e. The Labute approximate surface area is 116 Å². The molecule has 94 valence electrons. The van der Waals surface area contributed by atoms with Crippen molar-refractivity contribution < 1.29 is 9.53 Å². The Morgan fingerprint density at radius 3 is 2.32 bits per heavy atom. The van der Waals surface area contributed by atoms with E-state index in [2.05, 4.69) is 0 Å². The highest BCUT2D eigenvalue weighted by Crippen LogP contribution is 2.11. The fraction of sp³-hybridized carbons (Fsp3) is 0.0667. The standard InChI is InChI=1S/C15H10ClNO2/c16-14-7-3-12(4-8-14)10-19-15(18)13-5-1-11(9-17)2-6-13/h1-8H,10H2. The van der Waals surface area contributed by atoms with Gasteiger partial charge in [-0.3, -0.25) is 0 Å². The number of carbonyl (C=O) groups is 1. The fourth-order valence-electron chi connectivity index (χ4n) is 1.49. The van der Waals surface area contributed by atoms with Gasteiger partial charge >= 0.3 is 5.97 Å². The zero-order valence-corrected chi connectivity index (χ0v) is 10.7. The molecule has 2 aromatic rings. The van der Waals surface area contributed by atoms with Gasteiger partial charge in [0, 0.05) is 5.02 Å². The van der Waals surface area contributed by atoms with Crippen molar-refractivity contribution in [2.45, 2.75) is 6.61 Å². The predicted molar refractivity (Wildman–Crippen MR) is 71.7 cm³/mol. The Kier molecular flexibility index (Phi) is 4.17. The number of nitrogens with zero attached hydrogens (tertiary/aromatic N) is 1. The van der Waals surface area contributed by atoms with Gasteiger partial charge in [-0.25, -0.2) is 4.79 Å². The maximum atomic E-state index is 11.8. The lowest BCUT2D eigenvalue weighted by atomic mass is 10.1. The van der Waals surface area contributed by atoms with Crippen molar-refractivity contribution in [2.24, 2.45) is 0 Å². The Bertz CT molecular complexity index is 612. The molecule has 2 aromatic carbocycles. The minimum atomic E-state index is -0.417. The molecule has 19 heavy (non-hydrogen) atoms. The van der Waals surface area contributed by atoms with Gasteiger partial charge in [0.1, 0.15) is 6.61 Å². The van der Waals surface area contributed by atoms with Crippen LogP contribution in [0.25, 0.3) is 0 Å². The summed E-state index contributed by atoms with van der Waals surface area (Å²) in [6, 6.07) is 15.4. The molecule has 0 heterocycles. The van der Waals surface area contributed by atoms with Crippen molar-refractivity contribution in [3.63, 3.8) is 0 Å². The summed E-state index contributed by atoms with van der Waals surface area (Å²) in [6.07, 6.45) is 0. The highest BCUT2D eigenvalue weighted by molar-refractivity contribution is 6.30. The number of hydrogen-bond acceptors (Lipinski definition) is 3. The van der Waals surface area contributed by atoms with Crippen molar-refractivity contribution in [1.29, 1.82) is 5.26 Å². The molecule has 0 bridgehead atoms. The van der Waals surface area contributed by atoms with Crippen LogP contribution in [0, 0.1) is 11.3 Å². The molecule has 0 radical (unpaired) electrons. The molecule has 0 saturated carbocycles. The normalized spacial score (nSPS) is 9.68. The second-order valence-electron chi connectivity index (χ2n) is 3.89. The number of esters is 1. The third kappa shape index (κ3) is 3.57. The van der Waals surface area contributed by atoms with Gasteiger partial charge < -0.3 is 4.74 Å². The molecule has 0 aliphatic heterocycles. The van der Waals surface area contributed by atoms with E-state index in [1.165, 1.54) is 0 Å².